The van der Waals surface area contributed by atoms with Gasteiger partial charge >= 0.3 is 0 Å². The maximum atomic E-state index is 13.0. The first-order chi connectivity index (χ1) is 12.3. The summed E-state index contributed by atoms with van der Waals surface area (Å²) in [5.74, 6) is 1.51. The van der Waals surface area contributed by atoms with Gasteiger partial charge in [-0.25, -0.2) is 0 Å². The van der Waals surface area contributed by atoms with E-state index in [0.717, 1.165) is 38.0 Å². The SMILES string of the molecule is O=C(c1ccc2c(c1)OCCO2)N1CCCC1CCc1ccccc1. The maximum absolute atomic E-state index is 13.0. The highest BCUT2D eigenvalue weighted by atomic mass is 16.6. The van der Waals surface area contributed by atoms with Gasteiger partial charge in [0.15, 0.2) is 11.5 Å². The Morgan fingerprint density at radius 1 is 1.04 bits per heavy atom. The molecule has 1 saturated heterocycles. The number of amides is 1. The van der Waals surface area contributed by atoms with Gasteiger partial charge in [0.1, 0.15) is 13.2 Å². The zero-order chi connectivity index (χ0) is 17.1. The molecule has 0 spiro atoms. The third kappa shape index (κ3) is 3.48. The van der Waals surface area contributed by atoms with E-state index in [4.69, 9.17) is 9.47 Å². The van der Waals surface area contributed by atoms with Crippen LogP contribution in [-0.4, -0.2) is 36.6 Å². The van der Waals surface area contributed by atoms with Crippen molar-refractivity contribution in [2.75, 3.05) is 19.8 Å². The summed E-state index contributed by atoms with van der Waals surface area (Å²) in [5.41, 5.74) is 2.02. The number of hydrogen-bond donors (Lipinski definition) is 0. The fraction of sp³-hybridized carbons (Fsp3) is 0.381. The summed E-state index contributed by atoms with van der Waals surface area (Å²) >= 11 is 0. The quantitative estimate of drug-likeness (QED) is 0.854. The molecule has 0 radical (unpaired) electrons. The van der Waals surface area contributed by atoms with E-state index < -0.39 is 0 Å². The van der Waals surface area contributed by atoms with Gasteiger partial charge in [0.05, 0.1) is 0 Å². The van der Waals surface area contributed by atoms with E-state index >= 15 is 0 Å². The van der Waals surface area contributed by atoms with Crippen LogP contribution in [0.2, 0.25) is 0 Å². The highest BCUT2D eigenvalue weighted by Crippen LogP contribution is 2.32. The Morgan fingerprint density at radius 2 is 1.84 bits per heavy atom. The van der Waals surface area contributed by atoms with Gasteiger partial charge in [0.25, 0.3) is 5.91 Å². The van der Waals surface area contributed by atoms with Gasteiger partial charge in [0.2, 0.25) is 0 Å². The lowest BCUT2D eigenvalue weighted by atomic mass is 10.0. The number of ether oxygens (including phenoxy) is 2. The van der Waals surface area contributed by atoms with Crippen molar-refractivity contribution in [3.63, 3.8) is 0 Å². The van der Waals surface area contributed by atoms with Crippen LogP contribution in [-0.2, 0) is 6.42 Å². The van der Waals surface area contributed by atoms with Crippen LogP contribution < -0.4 is 9.47 Å². The van der Waals surface area contributed by atoms with E-state index in [0.29, 0.717) is 30.6 Å². The second-order valence-corrected chi connectivity index (χ2v) is 6.68. The lowest BCUT2D eigenvalue weighted by molar-refractivity contribution is 0.0729. The van der Waals surface area contributed by atoms with Gasteiger partial charge in [0, 0.05) is 18.2 Å². The van der Waals surface area contributed by atoms with Gasteiger partial charge in [-0.2, -0.15) is 0 Å². The van der Waals surface area contributed by atoms with Crippen LogP contribution in [0.3, 0.4) is 0 Å². The number of fused-ring (bicyclic) bond motifs is 1. The highest BCUT2D eigenvalue weighted by Gasteiger charge is 2.29. The van der Waals surface area contributed by atoms with Crippen molar-refractivity contribution < 1.29 is 14.3 Å². The Balaban J connectivity index is 1.45. The van der Waals surface area contributed by atoms with Crippen molar-refractivity contribution in [1.29, 1.82) is 0 Å². The highest BCUT2D eigenvalue weighted by molar-refractivity contribution is 5.95. The number of likely N-dealkylation sites (tertiary alicyclic amines) is 1. The fourth-order valence-corrected chi connectivity index (χ4v) is 3.72. The molecule has 130 valence electrons. The Hall–Kier alpha value is -2.49. The number of rotatable bonds is 4. The number of carbonyl (C=O) groups excluding carboxylic acids is 1. The first-order valence-corrected chi connectivity index (χ1v) is 9.06. The van der Waals surface area contributed by atoms with E-state index in [-0.39, 0.29) is 5.91 Å². The summed E-state index contributed by atoms with van der Waals surface area (Å²) in [6.07, 6.45) is 4.19. The minimum Gasteiger partial charge on any atom is -0.486 e. The Bertz CT molecular complexity index is 744. The molecule has 0 saturated carbocycles. The van der Waals surface area contributed by atoms with Crippen molar-refractivity contribution in [3.8, 4) is 11.5 Å². The van der Waals surface area contributed by atoms with E-state index in [2.05, 4.69) is 24.3 Å². The molecular formula is C21H23NO3. The summed E-state index contributed by atoms with van der Waals surface area (Å²) < 4.78 is 11.2. The van der Waals surface area contributed by atoms with Gasteiger partial charge in [-0.15, -0.1) is 0 Å². The molecule has 4 nitrogen and oxygen atoms in total. The molecule has 0 aliphatic carbocycles. The molecule has 4 rings (SSSR count). The molecule has 1 fully saturated rings. The number of benzene rings is 2. The van der Waals surface area contributed by atoms with Crippen LogP contribution in [0.1, 0.15) is 35.2 Å². The van der Waals surface area contributed by atoms with Crippen LogP contribution >= 0.6 is 0 Å². The molecule has 1 atom stereocenters. The molecule has 2 aromatic rings. The molecule has 1 amide bonds. The molecule has 0 N–H and O–H groups in total. The zero-order valence-corrected chi connectivity index (χ0v) is 14.3. The number of hydrogen-bond acceptors (Lipinski definition) is 3. The van der Waals surface area contributed by atoms with Gasteiger partial charge in [-0.05, 0) is 49.4 Å². The summed E-state index contributed by atoms with van der Waals surface area (Å²) in [5, 5.41) is 0. The first-order valence-electron chi connectivity index (χ1n) is 9.06. The summed E-state index contributed by atoms with van der Waals surface area (Å²) in [4.78, 5) is 15.0. The smallest absolute Gasteiger partial charge is 0.254 e. The molecule has 0 aromatic heterocycles. The molecule has 2 heterocycles. The van der Waals surface area contributed by atoms with Crippen LogP contribution in [0.25, 0.3) is 0 Å². The van der Waals surface area contributed by atoms with Crippen molar-refractivity contribution >= 4 is 5.91 Å². The first kappa shape index (κ1) is 16.0. The second kappa shape index (κ2) is 7.18. The Kier molecular flexibility index (Phi) is 4.59. The van der Waals surface area contributed by atoms with E-state index in [1.165, 1.54) is 5.56 Å². The van der Waals surface area contributed by atoms with Crippen molar-refractivity contribution in [3.05, 3.63) is 59.7 Å². The largest absolute Gasteiger partial charge is 0.486 e. The lowest BCUT2D eigenvalue weighted by Gasteiger charge is -2.26. The number of aryl methyl sites for hydroxylation is 1. The molecule has 2 aliphatic rings. The summed E-state index contributed by atoms with van der Waals surface area (Å²) in [6, 6.07) is 16.3. The van der Waals surface area contributed by atoms with Crippen molar-refractivity contribution in [1.82, 2.24) is 4.90 Å². The van der Waals surface area contributed by atoms with E-state index in [1.807, 2.05) is 29.2 Å². The van der Waals surface area contributed by atoms with Crippen LogP contribution in [0, 0.1) is 0 Å². The molecular weight excluding hydrogens is 314 g/mol. The average Bonchev–Trinajstić information content (AvgIpc) is 3.15. The Morgan fingerprint density at radius 3 is 2.68 bits per heavy atom. The van der Waals surface area contributed by atoms with Gasteiger partial charge < -0.3 is 14.4 Å². The topological polar surface area (TPSA) is 38.8 Å². The predicted octanol–water partition coefficient (Wildman–Crippen LogP) is 3.70. The fourth-order valence-electron chi connectivity index (χ4n) is 3.72. The second-order valence-electron chi connectivity index (χ2n) is 6.68. The summed E-state index contributed by atoms with van der Waals surface area (Å²) in [6.45, 7) is 1.94. The molecule has 1 unspecified atom stereocenters. The average molecular weight is 337 g/mol. The van der Waals surface area contributed by atoms with Gasteiger partial charge in [-0.3, -0.25) is 4.79 Å². The van der Waals surface area contributed by atoms with Crippen LogP contribution in [0.4, 0.5) is 0 Å². The molecule has 4 heteroatoms. The van der Waals surface area contributed by atoms with E-state index in [9.17, 15) is 4.79 Å². The van der Waals surface area contributed by atoms with Gasteiger partial charge in [-0.1, -0.05) is 30.3 Å². The van der Waals surface area contributed by atoms with Crippen LogP contribution in [0.15, 0.2) is 48.5 Å². The maximum Gasteiger partial charge on any atom is 0.254 e. The van der Waals surface area contributed by atoms with Crippen LogP contribution in [0.5, 0.6) is 11.5 Å². The normalized spacial score (nSPS) is 19.0. The molecule has 2 aromatic carbocycles. The molecule has 0 bridgehead atoms. The summed E-state index contributed by atoms with van der Waals surface area (Å²) in [7, 11) is 0. The lowest BCUT2D eigenvalue weighted by Crippen LogP contribution is -2.35. The number of carbonyl (C=O) groups is 1. The minimum absolute atomic E-state index is 0.104. The monoisotopic (exact) mass is 337 g/mol. The number of nitrogens with zero attached hydrogens (tertiary/aromatic N) is 1. The predicted molar refractivity (Wildman–Crippen MR) is 96.3 cm³/mol. The third-order valence-electron chi connectivity index (χ3n) is 5.04. The zero-order valence-electron chi connectivity index (χ0n) is 14.3. The van der Waals surface area contributed by atoms with Crippen molar-refractivity contribution in [2.45, 2.75) is 31.7 Å². The standard InChI is InChI=1S/C21H23NO3/c23-21(17-9-11-19-20(15-17)25-14-13-24-19)22-12-4-7-18(22)10-8-16-5-2-1-3-6-16/h1-3,5-6,9,11,15,18H,4,7-8,10,12-14H2. The third-order valence-corrected chi connectivity index (χ3v) is 5.04. The Labute approximate surface area is 148 Å². The van der Waals surface area contributed by atoms with Crippen molar-refractivity contribution in [2.24, 2.45) is 0 Å². The molecule has 2 aliphatic heterocycles. The minimum atomic E-state index is 0.104. The van der Waals surface area contributed by atoms with E-state index in [1.54, 1.807) is 0 Å². The molecule has 25 heavy (non-hydrogen) atoms.